The Hall–Kier alpha value is -1.85. The summed E-state index contributed by atoms with van der Waals surface area (Å²) in [6.07, 6.45) is -3.29. The van der Waals surface area contributed by atoms with Crippen molar-refractivity contribution in [1.29, 1.82) is 0 Å². The van der Waals surface area contributed by atoms with Crippen LogP contribution in [-0.4, -0.2) is 37.7 Å². The van der Waals surface area contributed by atoms with Gasteiger partial charge in [-0.3, -0.25) is 4.79 Å². The molecule has 1 heterocycles. The average molecular weight is 271 g/mol. The molecule has 0 fully saturated rings. The van der Waals surface area contributed by atoms with E-state index in [-0.39, 0.29) is 0 Å². The molecule has 1 atom stereocenters. The minimum atomic E-state index is -2.70. The highest BCUT2D eigenvalue weighted by Gasteiger charge is 2.27. The van der Waals surface area contributed by atoms with Crippen LogP contribution < -0.4 is 9.64 Å². The first-order chi connectivity index (χ1) is 8.99. The van der Waals surface area contributed by atoms with E-state index >= 15 is 0 Å². The molecule has 104 valence electrons. The lowest BCUT2D eigenvalue weighted by molar-refractivity contribution is -0.138. The largest absolute Gasteiger partial charge is 0.490 e. The number of fused-ring (bicyclic) bond motifs is 1. The Kier molecular flexibility index (Phi) is 3.87. The van der Waals surface area contributed by atoms with Gasteiger partial charge in [-0.25, -0.2) is 8.78 Å². The van der Waals surface area contributed by atoms with Crippen molar-refractivity contribution >= 4 is 11.7 Å². The number of carbonyl (C=O) groups is 1. The third kappa shape index (κ3) is 2.94. The normalized spacial score (nSPS) is 15.9. The molecule has 0 bridgehead atoms. The molecule has 4 nitrogen and oxygen atoms in total. The maximum absolute atomic E-state index is 13.0. The number of alkyl halides is 2. The van der Waals surface area contributed by atoms with E-state index in [0.717, 1.165) is 5.69 Å². The molecule has 0 amide bonds. The number of hydrogen-bond acceptors (Lipinski definition) is 3. The van der Waals surface area contributed by atoms with E-state index in [1.807, 2.05) is 11.9 Å². The fourth-order valence-electron chi connectivity index (χ4n) is 2.14. The summed E-state index contributed by atoms with van der Waals surface area (Å²) in [5.74, 6) is -1.88. The Morgan fingerprint density at radius 1 is 1.53 bits per heavy atom. The summed E-state index contributed by atoms with van der Waals surface area (Å²) in [6, 6.07) is 4.73. The lowest BCUT2D eigenvalue weighted by atomic mass is 9.95. The summed E-state index contributed by atoms with van der Waals surface area (Å²) < 4.78 is 31.4. The molecule has 2 rings (SSSR count). The Bertz CT molecular complexity index is 479. The Balaban J connectivity index is 2.33. The van der Waals surface area contributed by atoms with Crippen molar-refractivity contribution in [2.45, 2.75) is 18.8 Å². The lowest BCUT2D eigenvalue weighted by Gasteiger charge is -2.29. The van der Waals surface area contributed by atoms with Gasteiger partial charge in [0.25, 0.3) is 0 Å². The first-order valence-electron chi connectivity index (χ1n) is 5.97. The van der Waals surface area contributed by atoms with E-state index in [1.54, 1.807) is 12.1 Å². The molecule has 1 aliphatic rings. The van der Waals surface area contributed by atoms with Crippen molar-refractivity contribution in [1.82, 2.24) is 0 Å². The molecule has 1 N–H and O–H groups in total. The second-order valence-electron chi connectivity index (χ2n) is 4.54. The zero-order chi connectivity index (χ0) is 14.0. The fourth-order valence-corrected chi connectivity index (χ4v) is 2.14. The van der Waals surface area contributed by atoms with Gasteiger partial charge in [0.15, 0.2) is 0 Å². The Morgan fingerprint density at radius 2 is 2.26 bits per heavy atom. The first kappa shape index (κ1) is 13.6. The summed E-state index contributed by atoms with van der Waals surface area (Å²) in [5.41, 5.74) is 1.05. The van der Waals surface area contributed by atoms with Crippen molar-refractivity contribution in [3.05, 3.63) is 23.8 Å². The van der Waals surface area contributed by atoms with Crippen molar-refractivity contribution in [2.24, 2.45) is 0 Å². The molecule has 6 heteroatoms. The van der Waals surface area contributed by atoms with Gasteiger partial charge in [-0.15, -0.1) is 0 Å². The number of hydrogen-bond donors (Lipinski definition) is 1. The number of carboxylic acid groups (broad SMARTS) is 1. The summed E-state index contributed by atoms with van der Waals surface area (Å²) in [4.78, 5) is 12.6. The molecule has 1 aromatic rings. The smallest absolute Gasteiger partial charge is 0.304 e. The maximum atomic E-state index is 13.0. The van der Waals surface area contributed by atoms with Crippen LogP contribution in [-0.2, 0) is 4.79 Å². The Labute approximate surface area is 109 Å². The van der Waals surface area contributed by atoms with Crippen LogP contribution in [0, 0.1) is 0 Å². The number of ether oxygens (including phenoxy) is 1. The van der Waals surface area contributed by atoms with Gasteiger partial charge in [-0.05, 0) is 17.7 Å². The zero-order valence-electron chi connectivity index (χ0n) is 10.5. The van der Waals surface area contributed by atoms with Crippen LogP contribution in [0.5, 0.6) is 5.75 Å². The molecular weight excluding hydrogens is 256 g/mol. The zero-order valence-corrected chi connectivity index (χ0v) is 10.5. The van der Waals surface area contributed by atoms with Gasteiger partial charge in [0.2, 0.25) is 6.43 Å². The number of anilines is 1. The topological polar surface area (TPSA) is 49.8 Å². The monoisotopic (exact) mass is 271 g/mol. The van der Waals surface area contributed by atoms with E-state index in [1.165, 1.54) is 6.07 Å². The minimum absolute atomic E-state index is 0.327. The molecule has 0 saturated heterocycles. The Morgan fingerprint density at radius 3 is 2.89 bits per heavy atom. The lowest BCUT2D eigenvalue weighted by Crippen LogP contribution is -2.29. The number of benzene rings is 1. The predicted octanol–water partition coefficient (Wildman–Crippen LogP) is 2.34. The van der Waals surface area contributed by atoms with Crippen molar-refractivity contribution in [2.75, 3.05) is 25.1 Å². The van der Waals surface area contributed by atoms with Gasteiger partial charge in [-0.1, -0.05) is 6.07 Å². The van der Waals surface area contributed by atoms with Crippen LogP contribution >= 0.6 is 0 Å². The van der Waals surface area contributed by atoms with Crippen LogP contribution in [0.15, 0.2) is 18.2 Å². The minimum Gasteiger partial charge on any atom is -0.490 e. The number of carboxylic acids is 1. The van der Waals surface area contributed by atoms with Gasteiger partial charge >= 0.3 is 5.97 Å². The first-order valence-corrected chi connectivity index (χ1v) is 5.97. The molecule has 1 aliphatic heterocycles. The SMILES string of the molecule is CN1CCOc2ccc(C(CC(=O)O)C(F)F)cc21. The van der Waals surface area contributed by atoms with E-state index in [2.05, 4.69) is 0 Å². The van der Waals surface area contributed by atoms with Crippen molar-refractivity contribution in [3.63, 3.8) is 0 Å². The molecule has 0 radical (unpaired) electrons. The van der Waals surface area contributed by atoms with Crippen LogP contribution in [0.2, 0.25) is 0 Å². The number of halogens is 2. The predicted molar refractivity (Wildman–Crippen MR) is 66.2 cm³/mol. The van der Waals surface area contributed by atoms with Crippen molar-refractivity contribution < 1.29 is 23.4 Å². The summed E-state index contributed by atoms with van der Waals surface area (Å²) in [6.45, 7) is 1.23. The second-order valence-corrected chi connectivity index (χ2v) is 4.54. The van der Waals surface area contributed by atoms with Gasteiger partial charge in [-0.2, -0.15) is 0 Å². The van der Waals surface area contributed by atoms with Gasteiger partial charge in [0.05, 0.1) is 24.6 Å². The number of rotatable bonds is 4. The molecule has 1 unspecified atom stereocenters. The fraction of sp³-hybridized carbons (Fsp3) is 0.462. The highest BCUT2D eigenvalue weighted by molar-refractivity contribution is 5.69. The van der Waals surface area contributed by atoms with Crippen LogP contribution in [0.4, 0.5) is 14.5 Å². The second kappa shape index (κ2) is 5.42. The van der Waals surface area contributed by atoms with Crippen LogP contribution in [0.1, 0.15) is 17.9 Å². The van der Waals surface area contributed by atoms with E-state index < -0.39 is 24.7 Å². The van der Waals surface area contributed by atoms with Crippen molar-refractivity contribution in [3.8, 4) is 5.75 Å². The number of nitrogens with zero attached hydrogens (tertiary/aromatic N) is 1. The number of aliphatic carboxylic acids is 1. The van der Waals surface area contributed by atoms with Gasteiger partial charge < -0.3 is 14.7 Å². The van der Waals surface area contributed by atoms with Crippen LogP contribution in [0.3, 0.4) is 0 Å². The summed E-state index contributed by atoms with van der Waals surface area (Å²) in [5, 5.41) is 8.72. The standard InChI is InChI=1S/C13H15F2NO3/c1-16-4-5-19-11-3-2-8(6-10(11)16)9(13(14)15)7-12(17)18/h2-3,6,9,13H,4-5,7H2,1H3,(H,17,18). The quantitative estimate of drug-likeness (QED) is 0.913. The van der Waals surface area contributed by atoms with E-state index in [4.69, 9.17) is 9.84 Å². The highest BCUT2D eigenvalue weighted by Crippen LogP contribution is 2.36. The molecule has 19 heavy (non-hydrogen) atoms. The summed E-state index contributed by atoms with van der Waals surface area (Å²) in [7, 11) is 1.85. The maximum Gasteiger partial charge on any atom is 0.304 e. The molecule has 0 aromatic heterocycles. The van der Waals surface area contributed by atoms with E-state index in [0.29, 0.717) is 24.5 Å². The van der Waals surface area contributed by atoms with Gasteiger partial charge in [0.1, 0.15) is 12.4 Å². The third-order valence-corrected chi connectivity index (χ3v) is 3.21. The number of likely N-dealkylation sites (N-methyl/N-ethyl adjacent to an activating group) is 1. The highest BCUT2D eigenvalue weighted by atomic mass is 19.3. The van der Waals surface area contributed by atoms with Gasteiger partial charge in [0, 0.05) is 7.05 Å². The molecule has 1 aromatic carbocycles. The molecular formula is C13H15F2NO3. The van der Waals surface area contributed by atoms with E-state index in [9.17, 15) is 13.6 Å². The summed E-state index contributed by atoms with van der Waals surface area (Å²) >= 11 is 0. The third-order valence-electron chi connectivity index (χ3n) is 3.21. The molecule has 0 saturated carbocycles. The average Bonchev–Trinajstić information content (AvgIpc) is 2.36. The molecule has 0 aliphatic carbocycles. The van der Waals surface area contributed by atoms with Crippen LogP contribution in [0.25, 0.3) is 0 Å². The molecule has 0 spiro atoms.